The topological polar surface area (TPSA) is 49.3 Å². The Hall–Kier alpha value is -1.35. The summed E-state index contributed by atoms with van der Waals surface area (Å²) in [6.07, 6.45) is 4.11. The number of aryl methyl sites for hydroxylation is 1. The molecule has 2 atom stereocenters. The first-order valence-corrected chi connectivity index (χ1v) is 7.16. The van der Waals surface area contributed by atoms with Crippen LogP contribution in [0.5, 0.6) is 0 Å². The molecule has 0 amide bonds. The van der Waals surface area contributed by atoms with Crippen molar-refractivity contribution in [2.24, 2.45) is 11.8 Å². The van der Waals surface area contributed by atoms with Crippen LogP contribution < -0.4 is 5.32 Å². The lowest BCUT2D eigenvalue weighted by Crippen LogP contribution is -2.34. The number of nitrogens with one attached hydrogen (secondary N) is 1. The van der Waals surface area contributed by atoms with Gasteiger partial charge in [0.1, 0.15) is 0 Å². The molecule has 0 spiro atoms. The van der Waals surface area contributed by atoms with Crippen LogP contribution in [0.15, 0.2) is 24.3 Å². The van der Waals surface area contributed by atoms with Crippen LogP contribution >= 0.6 is 0 Å². The molecule has 0 radical (unpaired) electrons. The molecule has 1 saturated carbocycles. The number of hydrogen-bond acceptors (Lipinski definition) is 2. The zero-order chi connectivity index (χ0) is 13.7. The molecule has 0 bridgehead atoms. The molecular weight excluding hydrogens is 238 g/mol. The number of rotatable bonds is 5. The third-order valence-electron chi connectivity index (χ3n) is 4.04. The Balaban J connectivity index is 1.82. The highest BCUT2D eigenvalue weighted by Gasteiger charge is 2.30. The molecule has 104 valence electrons. The Morgan fingerprint density at radius 3 is 2.89 bits per heavy atom. The van der Waals surface area contributed by atoms with Crippen molar-refractivity contribution in [1.29, 1.82) is 0 Å². The third kappa shape index (κ3) is 4.06. The summed E-state index contributed by atoms with van der Waals surface area (Å²) < 4.78 is 0. The zero-order valence-electron chi connectivity index (χ0n) is 11.6. The maximum absolute atomic E-state index is 11.2. The van der Waals surface area contributed by atoms with Crippen LogP contribution in [-0.4, -0.2) is 17.6 Å². The number of hydrogen-bond donors (Lipinski definition) is 2. The van der Waals surface area contributed by atoms with Crippen molar-refractivity contribution >= 4 is 5.97 Å². The molecule has 0 aliphatic heterocycles. The van der Waals surface area contributed by atoms with Crippen molar-refractivity contribution in [3.8, 4) is 0 Å². The van der Waals surface area contributed by atoms with E-state index < -0.39 is 5.97 Å². The fraction of sp³-hybridized carbons (Fsp3) is 0.562. The zero-order valence-corrected chi connectivity index (χ0v) is 11.6. The van der Waals surface area contributed by atoms with E-state index in [4.69, 9.17) is 0 Å². The van der Waals surface area contributed by atoms with Gasteiger partial charge in [-0.05, 0) is 37.8 Å². The van der Waals surface area contributed by atoms with Crippen LogP contribution in [-0.2, 0) is 11.3 Å². The van der Waals surface area contributed by atoms with Gasteiger partial charge in [0, 0.05) is 6.54 Å². The van der Waals surface area contributed by atoms with Gasteiger partial charge in [0.25, 0.3) is 0 Å². The van der Waals surface area contributed by atoms with Gasteiger partial charge in [-0.25, -0.2) is 0 Å². The average molecular weight is 261 g/mol. The van der Waals surface area contributed by atoms with Crippen LogP contribution in [0, 0.1) is 18.8 Å². The molecule has 1 aromatic rings. The molecule has 0 aromatic heterocycles. The maximum atomic E-state index is 11.2. The predicted octanol–water partition coefficient (Wildman–Crippen LogP) is 2.98. The minimum atomic E-state index is -0.623. The summed E-state index contributed by atoms with van der Waals surface area (Å²) in [7, 11) is 0. The second-order valence-corrected chi connectivity index (χ2v) is 5.61. The summed E-state index contributed by atoms with van der Waals surface area (Å²) in [6.45, 7) is 3.72. The Kier molecular flexibility index (Phi) is 4.97. The second kappa shape index (κ2) is 6.71. The van der Waals surface area contributed by atoms with Gasteiger partial charge in [-0.2, -0.15) is 0 Å². The lowest BCUT2D eigenvalue weighted by molar-refractivity contribution is -0.144. The van der Waals surface area contributed by atoms with Crippen LogP contribution in [0.2, 0.25) is 0 Å². The fourth-order valence-corrected chi connectivity index (χ4v) is 3.00. The van der Waals surface area contributed by atoms with Gasteiger partial charge < -0.3 is 10.4 Å². The molecule has 1 aromatic carbocycles. The largest absolute Gasteiger partial charge is 0.481 e. The summed E-state index contributed by atoms with van der Waals surface area (Å²) in [5.74, 6) is -0.489. The van der Waals surface area contributed by atoms with Crippen LogP contribution in [0.25, 0.3) is 0 Å². The van der Waals surface area contributed by atoms with Crippen molar-refractivity contribution in [2.75, 3.05) is 6.54 Å². The van der Waals surface area contributed by atoms with E-state index in [-0.39, 0.29) is 11.8 Å². The van der Waals surface area contributed by atoms with Gasteiger partial charge in [-0.3, -0.25) is 4.79 Å². The highest BCUT2D eigenvalue weighted by atomic mass is 16.4. The number of aliphatic carboxylic acids is 1. The average Bonchev–Trinajstić information content (AvgIpc) is 2.39. The van der Waals surface area contributed by atoms with E-state index >= 15 is 0 Å². The van der Waals surface area contributed by atoms with Crippen molar-refractivity contribution in [1.82, 2.24) is 5.32 Å². The molecule has 2 rings (SSSR count). The predicted molar refractivity (Wildman–Crippen MR) is 76.0 cm³/mol. The van der Waals surface area contributed by atoms with Gasteiger partial charge in [0.15, 0.2) is 0 Å². The standard InChI is InChI=1S/C16H23NO2/c1-12-5-4-6-13(9-12)10-17-11-14-7-2-3-8-15(14)16(18)19/h4-6,9,14-15,17H,2-3,7-8,10-11H2,1H3,(H,18,19). The van der Waals surface area contributed by atoms with Crippen LogP contribution in [0.3, 0.4) is 0 Å². The highest BCUT2D eigenvalue weighted by Crippen LogP contribution is 2.29. The summed E-state index contributed by atoms with van der Waals surface area (Å²) in [5.41, 5.74) is 2.53. The van der Waals surface area contributed by atoms with E-state index in [0.29, 0.717) is 0 Å². The smallest absolute Gasteiger partial charge is 0.306 e. The highest BCUT2D eigenvalue weighted by molar-refractivity contribution is 5.70. The fourth-order valence-electron chi connectivity index (χ4n) is 3.00. The second-order valence-electron chi connectivity index (χ2n) is 5.61. The third-order valence-corrected chi connectivity index (χ3v) is 4.04. The molecular formula is C16H23NO2. The van der Waals surface area contributed by atoms with Crippen LogP contribution in [0.4, 0.5) is 0 Å². The van der Waals surface area contributed by atoms with Crippen molar-refractivity contribution < 1.29 is 9.90 Å². The number of carboxylic acid groups (broad SMARTS) is 1. The van der Waals surface area contributed by atoms with E-state index in [9.17, 15) is 9.90 Å². The van der Waals surface area contributed by atoms with E-state index in [2.05, 4.69) is 36.5 Å². The van der Waals surface area contributed by atoms with E-state index in [1.54, 1.807) is 0 Å². The Morgan fingerprint density at radius 2 is 2.16 bits per heavy atom. The molecule has 0 heterocycles. The first-order valence-electron chi connectivity index (χ1n) is 7.16. The summed E-state index contributed by atoms with van der Waals surface area (Å²) in [5, 5.41) is 12.7. The van der Waals surface area contributed by atoms with E-state index in [0.717, 1.165) is 32.4 Å². The van der Waals surface area contributed by atoms with Gasteiger partial charge in [0.2, 0.25) is 0 Å². The lowest BCUT2D eigenvalue weighted by atomic mass is 9.79. The van der Waals surface area contributed by atoms with E-state index in [1.165, 1.54) is 17.5 Å². The molecule has 2 unspecified atom stereocenters. The van der Waals surface area contributed by atoms with Gasteiger partial charge in [-0.15, -0.1) is 0 Å². The molecule has 1 fully saturated rings. The van der Waals surface area contributed by atoms with Crippen molar-refractivity contribution in [3.63, 3.8) is 0 Å². The van der Waals surface area contributed by atoms with Crippen LogP contribution in [0.1, 0.15) is 36.8 Å². The van der Waals surface area contributed by atoms with Gasteiger partial charge >= 0.3 is 5.97 Å². The van der Waals surface area contributed by atoms with Crippen molar-refractivity contribution in [3.05, 3.63) is 35.4 Å². The van der Waals surface area contributed by atoms with Gasteiger partial charge in [0.05, 0.1) is 5.92 Å². The summed E-state index contributed by atoms with van der Waals surface area (Å²) in [4.78, 5) is 11.2. The normalized spacial score (nSPS) is 23.2. The number of benzene rings is 1. The first-order chi connectivity index (χ1) is 9.16. The Bertz CT molecular complexity index is 431. The minimum absolute atomic E-state index is 0.154. The number of carboxylic acids is 1. The molecule has 2 N–H and O–H groups in total. The minimum Gasteiger partial charge on any atom is -0.481 e. The van der Waals surface area contributed by atoms with E-state index in [1.807, 2.05) is 0 Å². The van der Waals surface area contributed by atoms with Gasteiger partial charge in [-0.1, -0.05) is 42.7 Å². The monoisotopic (exact) mass is 261 g/mol. The first kappa shape index (κ1) is 14.1. The Morgan fingerprint density at radius 1 is 1.37 bits per heavy atom. The maximum Gasteiger partial charge on any atom is 0.306 e. The number of carbonyl (C=O) groups is 1. The molecule has 19 heavy (non-hydrogen) atoms. The Labute approximate surface area is 115 Å². The SMILES string of the molecule is Cc1cccc(CNCC2CCCCC2C(=O)O)c1. The molecule has 3 nitrogen and oxygen atoms in total. The quantitative estimate of drug-likeness (QED) is 0.856. The summed E-state index contributed by atoms with van der Waals surface area (Å²) in [6, 6.07) is 8.43. The molecule has 3 heteroatoms. The molecule has 1 aliphatic carbocycles. The lowest BCUT2D eigenvalue weighted by Gasteiger charge is -2.28. The summed E-state index contributed by atoms with van der Waals surface area (Å²) >= 11 is 0. The molecule has 0 saturated heterocycles. The molecule has 1 aliphatic rings. The van der Waals surface area contributed by atoms with Crippen molar-refractivity contribution in [2.45, 2.75) is 39.2 Å².